The molecule has 1 aliphatic heterocycles. The van der Waals surface area contributed by atoms with Crippen LogP contribution in [0.5, 0.6) is 0 Å². The number of nitrogens with two attached hydrogens (primary N) is 2. The summed E-state index contributed by atoms with van der Waals surface area (Å²) in [6.07, 6.45) is 1.80. The fourth-order valence-corrected chi connectivity index (χ4v) is 4.83. The van der Waals surface area contributed by atoms with Gasteiger partial charge in [0.05, 0.1) is 5.56 Å². The number of halogens is 3. The summed E-state index contributed by atoms with van der Waals surface area (Å²) in [7, 11) is 0. The number of amides is 2. The third-order valence-corrected chi connectivity index (χ3v) is 7.42. The molecule has 4 N–H and O–H groups in total. The normalized spacial score (nSPS) is 15.8. The molecule has 1 aliphatic carbocycles. The molecule has 10 heteroatoms. The highest BCUT2D eigenvalue weighted by Gasteiger charge is 2.35. The van der Waals surface area contributed by atoms with Crippen LogP contribution in [0.4, 0.5) is 13.2 Å². The number of aromatic nitrogens is 2. The Labute approximate surface area is 231 Å². The average Bonchev–Trinajstić information content (AvgIpc) is 3.82. The highest BCUT2D eigenvalue weighted by molar-refractivity contribution is 5.90. The van der Waals surface area contributed by atoms with Gasteiger partial charge in [-0.05, 0) is 72.6 Å². The van der Waals surface area contributed by atoms with Crippen LogP contribution < -0.4 is 11.5 Å². The Kier molecular flexibility index (Phi) is 9.19. The summed E-state index contributed by atoms with van der Waals surface area (Å²) in [6, 6.07) is 12.9. The Balaban J connectivity index is 0.000000185. The van der Waals surface area contributed by atoms with Gasteiger partial charge in [-0.15, -0.1) is 0 Å². The minimum Gasteiger partial charge on any atom is -0.364 e. The van der Waals surface area contributed by atoms with E-state index in [0.29, 0.717) is 17.0 Å². The zero-order valence-corrected chi connectivity index (χ0v) is 22.5. The number of rotatable bonds is 6. The van der Waals surface area contributed by atoms with Crippen molar-refractivity contribution in [2.24, 2.45) is 17.4 Å². The molecule has 212 valence electrons. The van der Waals surface area contributed by atoms with Crippen LogP contribution in [0.25, 0.3) is 11.1 Å². The first kappa shape index (κ1) is 29.2. The smallest absolute Gasteiger partial charge is 0.364 e. The van der Waals surface area contributed by atoms with Crippen molar-refractivity contribution in [2.45, 2.75) is 57.7 Å². The van der Waals surface area contributed by atoms with Gasteiger partial charge in [-0.2, -0.15) is 13.2 Å². The van der Waals surface area contributed by atoms with E-state index in [2.05, 4.69) is 9.97 Å². The standard InChI is InChI=1S/C16H16F3N.C14H18N4O2/c1-2-11-3-5-12(6-4-11)15-9-14(16(17,18)19)8-7-13(15)10-20;15-13(19)12-7-11(16-8-17-12)9-3-5-18(6-4-9)14(20)10-1-2-10/h3-9H,2,10,20H2,1H3;7-10H,1-6H2,(H2,15,19). The van der Waals surface area contributed by atoms with Crippen molar-refractivity contribution >= 4 is 11.8 Å². The van der Waals surface area contributed by atoms with Crippen LogP contribution in [0.1, 0.15) is 71.4 Å². The van der Waals surface area contributed by atoms with E-state index in [1.165, 1.54) is 18.5 Å². The largest absolute Gasteiger partial charge is 0.416 e. The first-order valence-electron chi connectivity index (χ1n) is 13.5. The summed E-state index contributed by atoms with van der Waals surface area (Å²) in [5.74, 6) is 0.338. The molecular formula is C30H34F3N5O2. The zero-order valence-electron chi connectivity index (χ0n) is 22.5. The van der Waals surface area contributed by atoms with Crippen LogP contribution in [-0.2, 0) is 23.9 Å². The molecule has 0 radical (unpaired) electrons. The number of hydrogen-bond donors (Lipinski definition) is 2. The van der Waals surface area contributed by atoms with Crippen LogP contribution in [-0.4, -0.2) is 39.8 Å². The molecule has 0 unspecified atom stereocenters. The molecular weight excluding hydrogens is 519 g/mol. The van der Waals surface area contributed by atoms with Gasteiger partial charge in [-0.25, -0.2) is 9.97 Å². The number of carbonyl (C=O) groups excluding carboxylic acids is 2. The van der Waals surface area contributed by atoms with Gasteiger partial charge < -0.3 is 16.4 Å². The van der Waals surface area contributed by atoms with Gasteiger partial charge >= 0.3 is 6.18 Å². The predicted molar refractivity (Wildman–Crippen MR) is 146 cm³/mol. The first-order valence-corrected chi connectivity index (χ1v) is 13.5. The quantitative estimate of drug-likeness (QED) is 0.442. The summed E-state index contributed by atoms with van der Waals surface area (Å²) in [6.45, 7) is 3.79. The van der Waals surface area contributed by atoms with Crippen molar-refractivity contribution in [3.8, 4) is 11.1 Å². The Morgan fingerprint density at radius 3 is 2.20 bits per heavy atom. The molecule has 5 rings (SSSR count). The predicted octanol–water partition coefficient (Wildman–Crippen LogP) is 5.09. The van der Waals surface area contributed by atoms with Crippen LogP contribution >= 0.6 is 0 Å². The van der Waals surface area contributed by atoms with Crippen molar-refractivity contribution < 1.29 is 22.8 Å². The van der Waals surface area contributed by atoms with E-state index in [0.717, 1.165) is 68.1 Å². The number of hydrogen-bond acceptors (Lipinski definition) is 5. The van der Waals surface area contributed by atoms with Gasteiger partial charge in [0.25, 0.3) is 5.91 Å². The number of alkyl halides is 3. The van der Waals surface area contributed by atoms with Gasteiger partial charge in [0.15, 0.2) is 0 Å². The summed E-state index contributed by atoms with van der Waals surface area (Å²) in [4.78, 5) is 33.2. The second kappa shape index (κ2) is 12.6. The minimum absolute atomic E-state index is 0.211. The SMILES string of the molecule is CCc1ccc(-c2cc(C(F)(F)F)ccc2CN)cc1.NC(=O)c1cc(C2CCN(C(=O)C3CC3)CC2)ncn1. The molecule has 2 aliphatic rings. The number of aryl methyl sites for hydroxylation is 1. The lowest BCUT2D eigenvalue weighted by Gasteiger charge is -2.31. The number of benzene rings is 2. The maximum Gasteiger partial charge on any atom is 0.416 e. The maximum absolute atomic E-state index is 12.8. The number of nitrogens with zero attached hydrogens (tertiary/aromatic N) is 3. The molecule has 40 heavy (non-hydrogen) atoms. The van der Waals surface area contributed by atoms with Gasteiger partial charge in [-0.3, -0.25) is 9.59 Å². The van der Waals surface area contributed by atoms with Gasteiger partial charge in [0, 0.05) is 37.2 Å². The zero-order chi connectivity index (χ0) is 28.9. The molecule has 2 aromatic carbocycles. The Bertz CT molecular complexity index is 1330. The van der Waals surface area contributed by atoms with Crippen LogP contribution in [0, 0.1) is 5.92 Å². The molecule has 1 saturated heterocycles. The highest BCUT2D eigenvalue weighted by Crippen LogP contribution is 2.35. The van der Waals surface area contributed by atoms with Crippen LogP contribution in [0.15, 0.2) is 54.9 Å². The van der Waals surface area contributed by atoms with E-state index in [-0.39, 0.29) is 24.1 Å². The van der Waals surface area contributed by atoms with Crippen molar-refractivity contribution in [2.75, 3.05) is 13.1 Å². The topological polar surface area (TPSA) is 115 Å². The molecule has 2 fully saturated rings. The van der Waals surface area contributed by atoms with E-state index in [1.807, 2.05) is 36.1 Å². The maximum atomic E-state index is 12.8. The van der Waals surface area contributed by atoms with Crippen molar-refractivity contribution in [1.29, 1.82) is 0 Å². The van der Waals surface area contributed by atoms with Crippen molar-refractivity contribution in [3.05, 3.63) is 82.9 Å². The highest BCUT2D eigenvalue weighted by atomic mass is 19.4. The molecule has 0 atom stereocenters. The lowest BCUT2D eigenvalue weighted by molar-refractivity contribution is -0.137. The third kappa shape index (κ3) is 7.24. The van der Waals surface area contributed by atoms with E-state index in [1.54, 1.807) is 6.07 Å². The number of primary amides is 1. The van der Waals surface area contributed by atoms with Gasteiger partial charge in [-0.1, -0.05) is 37.3 Å². The second-order valence-corrected chi connectivity index (χ2v) is 10.2. The summed E-state index contributed by atoms with van der Waals surface area (Å²) < 4.78 is 38.4. The monoisotopic (exact) mass is 553 g/mol. The van der Waals surface area contributed by atoms with Crippen molar-refractivity contribution in [1.82, 2.24) is 14.9 Å². The summed E-state index contributed by atoms with van der Waals surface area (Å²) >= 11 is 0. The molecule has 7 nitrogen and oxygen atoms in total. The van der Waals surface area contributed by atoms with Gasteiger partial charge in [0.1, 0.15) is 12.0 Å². The number of likely N-dealkylation sites (tertiary alicyclic amines) is 1. The number of carbonyl (C=O) groups is 2. The Morgan fingerprint density at radius 2 is 1.65 bits per heavy atom. The molecule has 2 amide bonds. The van der Waals surface area contributed by atoms with Gasteiger partial charge in [0.2, 0.25) is 5.91 Å². The van der Waals surface area contributed by atoms with Crippen LogP contribution in [0.3, 0.4) is 0 Å². The fourth-order valence-electron chi connectivity index (χ4n) is 4.83. The fraction of sp³-hybridized carbons (Fsp3) is 0.400. The Hall–Kier alpha value is -3.79. The third-order valence-electron chi connectivity index (χ3n) is 7.42. The van der Waals surface area contributed by atoms with E-state index >= 15 is 0 Å². The summed E-state index contributed by atoms with van der Waals surface area (Å²) in [5, 5.41) is 0. The van der Waals surface area contributed by atoms with E-state index in [4.69, 9.17) is 11.5 Å². The average molecular weight is 554 g/mol. The molecule has 0 spiro atoms. The van der Waals surface area contributed by atoms with E-state index < -0.39 is 17.6 Å². The summed E-state index contributed by atoms with van der Waals surface area (Å²) in [5.41, 5.74) is 14.5. The molecule has 0 bridgehead atoms. The number of piperidine rings is 1. The minimum atomic E-state index is -4.34. The molecule has 3 aromatic rings. The van der Waals surface area contributed by atoms with E-state index in [9.17, 15) is 22.8 Å². The molecule has 1 aromatic heterocycles. The Morgan fingerprint density at radius 1 is 0.975 bits per heavy atom. The lowest BCUT2D eigenvalue weighted by Crippen LogP contribution is -2.39. The second-order valence-electron chi connectivity index (χ2n) is 10.2. The van der Waals surface area contributed by atoms with Crippen LogP contribution in [0.2, 0.25) is 0 Å². The first-order chi connectivity index (χ1) is 19.1. The van der Waals surface area contributed by atoms with Crippen molar-refractivity contribution in [3.63, 3.8) is 0 Å². The lowest BCUT2D eigenvalue weighted by atomic mass is 9.92. The molecule has 2 heterocycles. The molecule has 1 saturated carbocycles.